The lowest BCUT2D eigenvalue weighted by atomic mass is 9.98. The number of aliphatic hydroxyl groups excluding tert-OH is 1. The average molecular weight is 337 g/mol. The predicted octanol–water partition coefficient (Wildman–Crippen LogP) is 3.87. The number of carbonyl (C=O) groups is 1. The van der Waals surface area contributed by atoms with Gasteiger partial charge in [0.05, 0.1) is 0 Å². The number of aliphatic hydroxyl groups is 1. The zero-order valence-corrected chi connectivity index (χ0v) is 15.2. The van der Waals surface area contributed by atoms with Gasteiger partial charge >= 0.3 is 6.03 Å². The van der Waals surface area contributed by atoms with Crippen LogP contribution in [-0.2, 0) is 5.75 Å². The monoisotopic (exact) mass is 336 g/mol. The number of rotatable bonds is 5. The van der Waals surface area contributed by atoms with Crippen LogP contribution in [0.15, 0.2) is 18.2 Å². The highest BCUT2D eigenvalue weighted by Gasteiger charge is 2.22. The fourth-order valence-electron chi connectivity index (χ4n) is 2.74. The number of carbonyl (C=O) groups excluding carboxylic acids is 1. The van der Waals surface area contributed by atoms with E-state index in [4.69, 9.17) is 0 Å². The van der Waals surface area contributed by atoms with E-state index in [9.17, 15) is 9.90 Å². The van der Waals surface area contributed by atoms with Gasteiger partial charge in [-0.1, -0.05) is 26.0 Å². The van der Waals surface area contributed by atoms with E-state index in [1.54, 1.807) is 0 Å². The third-order valence-corrected chi connectivity index (χ3v) is 5.56. The van der Waals surface area contributed by atoms with Gasteiger partial charge in [0.2, 0.25) is 0 Å². The first-order valence-corrected chi connectivity index (χ1v) is 9.43. The molecule has 1 aromatic carbocycles. The van der Waals surface area contributed by atoms with Gasteiger partial charge in [-0.25, -0.2) is 4.79 Å². The van der Waals surface area contributed by atoms with Crippen molar-refractivity contribution in [1.82, 2.24) is 4.90 Å². The van der Waals surface area contributed by atoms with Crippen molar-refractivity contribution < 1.29 is 9.90 Å². The number of hydrogen-bond donors (Lipinski definition) is 2. The lowest BCUT2D eigenvalue weighted by molar-refractivity contribution is 0.143. The Bertz CT molecular complexity index is 526. The molecule has 4 nitrogen and oxygen atoms in total. The Morgan fingerprint density at radius 1 is 1.39 bits per heavy atom. The fraction of sp³-hybridized carbons (Fsp3) is 0.611. The van der Waals surface area contributed by atoms with Crippen LogP contribution in [0.1, 0.15) is 37.8 Å². The Kier molecular flexibility index (Phi) is 6.78. The summed E-state index contributed by atoms with van der Waals surface area (Å²) in [4.78, 5) is 14.3. The van der Waals surface area contributed by atoms with Crippen molar-refractivity contribution in [1.29, 1.82) is 0 Å². The molecule has 23 heavy (non-hydrogen) atoms. The van der Waals surface area contributed by atoms with Crippen LogP contribution in [0.3, 0.4) is 0 Å². The highest BCUT2D eigenvalue weighted by atomic mass is 32.2. The molecule has 0 spiro atoms. The number of likely N-dealkylation sites (tertiary alicyclic amines) is 1. The van der Waals surface area contributed by atoms with Gasteiger partial charge in [0, 0.05) is 31.1 Å². The standard InChI is InChI=1S/C18H28N2O2S/c1-13(2)23-12-16-5-4-6-17(14(16)3)19-18(22)20-9-7-15(11-21)8-10-20/h4-6,13,15,21H,7-12H2,1-3H3,(H,19,22). The van der Waals surface area contributed by atoms with Crippen LogP contribution in [0.4, 0.5) is 10.5 Å². The SMILES string of the molecule is Cc1c(CSC(C)C)cccc1NC(=O)N1CCC(CO)CC1. The van der Waals surface area contributed by atoms with Gasteiger partial charge in [0.15, 0.2) is 0 Å². The molecule has 1 fully saturated rings. The van der Waals surface area contributed by atoms with Crippen LogP contribution in [0.25, 0.3) is 0 Å². The van der Waals surface area contributed by atoms with E-state index in [1.807, 2.05) is 28.8 Å². The van der Waals surface area contributed by atoms with Crippen LogP contribution in [0.5, 0.6) is 0 Å². The first-order valence-electron chi connectivity index (χ1n) is 8.38. The molecular formula is C18H28N2O2S. The summed E-state index contributed by atoms with van der Waals surface area (Å²) in [5, 5.41) is 12.8. The van der Waals surface area contributed by atoms with E-state index in [0.29, 0.717) is 11.2 Å². The molecule has 0 saturated carbocycles. The van der Waals surface area contributed by atoms with E-state index < -0.39 is 0 Å². The van der Waals surface area contributed by atoms with Crippen LogP contribution in [0.2, 0.25) is 0 Å². The maximum absolute atomic E-state index is 12.4. The summed E-state index contributed by atoms with van der Waals surface area (Å²) in [5.41, 5.74) is 3.33. The van der Waals surface area contributed by atoms with Gasteiger partial charge in [0.25, 0.3) is 0 Å². The Labute approximate surface area is 143 Å². The number of benzene rings is 1. The van der Waals surface area contributed by atoms with Gasteiger partial charge in [0.1, 0.15) is 0 Å². The molecule has 0 atom stereocenters. The zero-order valence-electron chi connectivity index (χ0n) is 14.3. The molecule has 1 aliphatic heterocycles. The second kappa shape index (κ2) is 8.60. The third kappa shape index (κ3) is 5.15. The maximum Gasteiger partial charge on any atom is 0.321 e. The van der Waals surface area contributed by atoms with Crippen molar-refractivity contribution in [2.24, 2.45) is 5.92 Å². The molecule has 1 heterocycles. The second-order valence-corrected chi connectivity index (χ2v) is 8.06. The van der Waals surface area contributed by atoms with E-state index in [0.717, 1.165) is 42.9 Å². The first kappa shape index (κ1) is 18.1. The van der Waals surface area contributed by atoms with Crippen LogP contribution in [-0.4, -0.2) is 41.0 Å². The van der Waals surface area contributed by atoms with Gasteiger partial charge in [-0.15, -0.1) is 0 Å². The van der Waals surface area contributed by atoms with Crippen molar-refractivity contribution in [2.45, 2.75) is 44.6 Å². The third-order valence-electron chi connectivity index (χ3n) is 4.42. The minimum Gasteiger partial charge on any atom is -0.396 e. The normalized spacial score (nSPS) is 16.0. The van der Waals surface area contributed by atoms with Crippen LogP contribution in [0, 0.1) is 12.8 Å². The fourth-order valence-corrected chi connectivity index (χ4v) is 3.57. The predicted molar refractivity (Wildman–Crippen MR) is 98.0 cm³/mol. The second-order valence-electron chi connectivity index (χ2n) is 6.49. The number of anilines is 1. The quantitative estimate of drug-likeness (QED) is 0.858. The van der Waals surface area contributed by atoms with Gasteiger partial charge in [-0.05, 0) is 48.1 Å². The largest absolute Gasteiger partial charge is 0.396 e. The van der Waals surface area contributed by atoms with Crippen molar-refractivity contribution in [2.75, 3.05) is 25.0 Å². The molecule has 0 radical (unpaired) electrons. The number of thioether (sulfide) groups is 1. The molecule has 1 saturated heterocycles. The molecule has 0 aliphatic carbocycles. The lowest BCUT2D eigenvalue weighted by Crippen LogP contribution is -2.41. The smallest absolute Gasteiger partial charge is 0.321 e. The van der Waals surface area contributed by atoms with E-state index in [2.05, 4.69) is 32.2 Å². The van der Waals surface area contributed by atoms with Gasteiger partial charge < -0.3 is 15.3 Å². The Morgan fingerprint density at radius 2 is 2.09 bits per heavy atom. The van der Waals surface area contributed by atoms with E-state index >= 15 is 0 Å². The molecule has 5 heteroatoms. The van der Waals surface area contributed by atoms with Crippen molar-refractivity contribution >= 4 is 23.5 Å². The molecule has 1 aliphatic rings. The number of hydrogen-bond acceptors (Lipinski definition) is 3. The summed E-state index contributed by atoms with van der Waals surface area (Å²) in [5.74, 6) is 1.31. The van der Waals surface area contributed by atoms with Crippen LogP contribution < -0.4 is 5.32 Å². The number of nitrogens with one attached hydrogen (secondary N) is 1. The lowest BCUT2D eigenvalue weighted by Gasteiger charge is -2.31. The summed E-state index contributed by atoms with van der Waals surface area (Å²) in [6.45, 7) is 8.13. The summed E-state index contributed by atoms with van der Waals surface area (Å²) >= 11 is 1.91. The Hall–Kier alpha value is -1.20. The minimum atomic E-state index is -0.0295. The maximum atomic E-state index is 12.4. The molecule has 0 aromatic heterocycles. The summed E-state index contributed by atoms with van der Waals surface area (Å²) in [7, 11) is 0. The van der Waals surface area contributed by atoms with E-state index in [1.165, 1.54) is 5.56 Å². The van der Waals surface area contributed by atoms with E-state index in [-0.39, 0.29) is 12.6 Å². The van der Waals surface area contributed by atoms with Crippen molar-refractivity contribution in [3.8, 4) is 0 Å². The van der Waals surface area contributed by atoms with Crippen LogP contribution >= 0.6 is 11.8 Å². The molecule has 0 bridgehead atoms. The van der Waals surface area contributed by atoms with Crippen molar-refractivity contribution in [3.63, 3.8) is 0 Å². The average Bonchev–Trinajstić information content (AvgIpc) is 2.55. The van der Waals surface area contributed by atoms with Crippen molar-refractivity contribution in [3.05, 3.63) is 29.3 Å². The summed E-state index contributed by atoms with van der Waals surface area (Å²) in [6.07, 6.45) is 1.77. The highest BCUT2D eigenvalue weighted by Crippen LogP contribution is 2.25. The number of urea groups is 1. The highest BCUT2D eigenvalue weighted by molar-refractivity contribution is 7.99. The zero-order chi connectivity index (χ0) is 16.8. The topological polar surface area (TPSA) is 52.6 Å². The molecule has 2 rings (SSSR count). The Morgan fingerprint density at radius 3 is 2.70 bits per heavy atom. The molecule has 2 N–H and O–H groups in total. The molecule has 2 amide bonds. The molecule has 128 valence electrons. The number of nitrogens with zero attached hydrogens (tertiary/aromatic N) is 1. The first-order chi connectivity index (χ1) is 11.0. The number of piperidine rings is 1. The number of amides is 2. The van der Waals surface area contributed by atoms with Gasteiger partial charge in [-0.2, -0.15) is 11.8 Å². The summed E-state index contributed by atoms with van der Waals surface area (Å²) in [6, 6.07) is 6.08. The molecular weight excluding hydrogens is 308 g/mol. The minimum absolute atomic E-state index is 0.0295. The summed E-state index contributed by atoms with van der Waals surface area (Å²) < 4.78 is 0. The molecule has 0 unspecified atom stereocenters. The van der Waals surface area contributed by atoms with Gasteiger partial charge in [-0.3, -0.25) is 0 Å². The molecule has 1 aromatic rings. The Balaban J connectivity index is 1.97.